The molecule has 0 aromatic heterocycles. The number of hydrogen-bond donors (Lipinski definition) is 3. The molecule has 0 aliphatic carbocycles. The van der Waals surface area contributed by atoms with Crippen LogP contribution in [0.1, 0.15) is 24.8 Å². The number of carboxylic acids is 1. The van der Waals surface area contributed by atoms with Gasteiger partial charge in [-0.3, -0.25) is 9.59 Å². The van der Waals surface area contributed by atoms with Crippen molar-refractivity contribution in [2.24, 2.45) is 16.9 Å². The molecule has 1 fully saturated rings. The van der Waals surface area contributed by atoms with Gasteiger partial charge in [-0.1, -0.05) is 18.2 Å². The SMILES string of the molecule is C=CCC(NC(=O)CC1CCN(c2ccc(C=NN)cc2)C1=O)C(=O)O. The molecule has 2 unspecified atom stereocenters. The zero-order valence-electron chi connectivity index (χ0n) is 14.3. The van der Waals surface area contributed by atoms with E-state index in [0.717, 1.165) is 11.3 Å². The number of nitrogens with zero attached hydrogens (tertiary/aromatic N) is 2. The Morgan fingerprint density at radius 1 is 1.42 bits per heavy atom. The average molecular weight is 358 g/mol. The molecular weight excluding hydrogens is 336 g/mol. The minimum Gasteiger partial charge on any atom is -0.480 e. The highest BCUT2D eigenvalue weighted by Gasteiger charge is 2.34. The molecule has 8 nitrogen and oxygen atoms in total. The van der Waals surface area contributed by atoms with E-state index >= 15 is 0 Å². The van der Waals surface area contributed by atoms with Crippen LogP contribution in [0.25, 0.3) is 0 Å². The van der Waals surface area contributed by atoms with Gasteiger partial charge in [0.1, 0.15) is 6.04 Å². The summed E-state index contributed by atoms with van der Waals surface area (Å²) in [5, 5.41) is 14.9. The Kier molecular flexibility index (Phi) is 6.48. The largest absolute Gasteiger partial charge is 0.480 e. The highest BCUT2D eigenvalue weighted by Crippen LogP contribution is 2.27. The maximum Gasteiger partial charge on any atom is 0.326 e. The van der Waals surface area contributed by atoms with Gasteiger partial charge in [0.05, 0.1) is 6.21 Å². The van der Waals surface area contributed by atoms with Crippen LogP contribution in [0.4, 0.5) is 5.69 Å². The standard InChI is InChI=1S/C18H22N4O4/c1-2-3-15(18(25)26)21-16(23)10-13-8-9-22(17(13)24)14-6-4-12(5-7-14)11-20-19/h2,4-7,11,13,15H,1,3,8-10,19H2,(H,21,23)(H,25,26). The molecule has 1 heterocycles. The minimum atomic E-state index is -1.13. The zero-order chi connectivity index (χ0) is 19.1. The quantitative estimate of drug-likeness (QED) is 0.275. The lowest BCUT2D eigenvalue weighted by atomic mass is 10.0. The Labute approximate surface area is 151 Å². The van der Waals surface area contributed by atoms with Crippen LogP contribution in [0.15, 0.2) is 42.0 Å². The predicted octanol–water partition coefficient (Wildman–Crippen LogP) is 0.868. The van der Waals surface area contributed by atoms with E-state index < -0.39 is 23.8 Å². The van der Waals surface area contributed by atoms with Gasteiger partial charge in [-0.25, -0.2) is 4.79 Å². The molecule has 1 aromatic rings. The van der Waals surface area contributed by atoms with E-state index in [1.54, 1.807) is 29.2 Å². The first-order valence-electron chi connectivity index (χ1n) is 8.24. The van der Waals surface area contributed by atoms with Crippen LogP contribution < -0.4 is 16.1 Å². The van der Waals surface area contributed by atoms with E-state index in [4.69, 9.17) is 10.9 Å². The number of nitrogens with one attached hydrogen (secondary N) is 1. The van der Waals surface area contributed by atoms with Gasteiger partial charge >= 0.3 is 5.97 Å². The molecule has 0 saturated carbocycles. The van der Waals surface area contributed by atoms with Crippen LogP contribution >= 0.6 is 0 Å². The van der Waals surface area contributed by atoms with Gasteiger partial charge in [-0.15, -0.1) is 6.58 Å². The summed E-state index contributed by atoms with van der Waals surface area (Å²) in [5.41, 5.74) is 1.56. The van der Waals surface area contributed by atoms with Crippen LogP contribution in [0.3, 0.4) is 0 Å². The lowest BCUT2D eigenvalue weighted by Crippen LogP contribution is -2.41. The Balaban J connectivity index is 1.96. The molecule has 8 heteroatoms. The smallest absolute Gasteiger partial charge is 0.326 e. The highest BCUT2D eigenvalue weighted by atomic mass is 16.4. The van der Waals surface area contributed by atoms with E-state index in [1.165, 1.54) is 12.3 Å². The highest BCUT2D eigenvalue weighted by molar-refractivity contribution is 5.99. The first kappa shape index (κ1) is 19.2. The molecule has 2 atom stereocenters. The van der Waals surface area contributed by atoms with Crippen molar-refractivity contribution in [2.75, 3.05) is 11.4 Å². The number of hydrogen-bond acceptors (Lipinski definition) is 5. The molecule has 26 heavy (non-hydrogen) atoms. The van der Waals surface area contributed by atoms with Crippen molar-refractivity contribution in [3.63, 3.8) is 0 Å². The fourth-order valence-electron chi connectivity index (χ4n) is 2.88. The molecule has 0 spiro atoms. The predicted molar refractivity (Wildman–Crippen MR) is 97.7 cm³/mol. The molecule has 2 rings (SSSR count). The fourth-order valence-corrected chi connectivity index (χ4v) is 2.88. The summed E-state index contributed by atoms with van der Waals surface area (Å²) in [6.45, 7) is 3.99. The van der Waals surface area contributed by atoms with Gasteiger partial charge < -0.3 is 21.2 Å². The van der Waals surface area contributed by atoms with Crippen LogP contribution in [-0.2, 0) is 14.4 Å². The molecule has 0 bridgehead atoms. The van der Waals surface area contributed by atoms with Crippen molar-refractivity contribution < 1.29 is 19.5 Å². The normalized spacial score (nSPS) is 18.1. The minimum absolute atomic E-state index is 0.0336. The molecule has 0 radical (unpaired) electrons. The Bertz CT molecular complexity index is 714. The molecule has 4 N–H and O–H groups in total. The molecule has 138 valence electrons. The van der Waals surface area contributed by atoms with Crippen molar-refractivity contribution in [2.45, 2.75) is 25.3 Å². The number of carbonyl (C=O) groups is 3. The maximum absolute atomic E-state index is 12.6. The Morgan fingerprint density at radius 3 is 2.69 bits per heavy atom. The summed E-state index contributed by atoms with van der Waals surface area (Å²) in [5.74, 6) is 2.93. The third kappa shape index (κ3) is 4.69. The van der Waals surface area contributed by atoms with Crippen LogP contribution in [0, 0.1) is 5.92 Å². The monoisotopic (exact) mass is 358 g/mol. The Morgan fingerprint density at radius 2 is 2.12 bits per heavy atom. The number of hydrazone groups is 1. The van der Waals surface area contributed by atoms with Gasteiger partial charge in [0.15, 0.2) is 0 Å². The summed E-state index contributed by atoms with van der Waals surface area (Å²) >= 11 is 0. The number of carbonyl (C=O) groups excluding carboxylic acids is 2. The van der Waals surface area contributed by atoms with Crippen molar-refractivity contribution in [3.05, 3.63) is 42.5 Å². The van der Waals surface area contributed by atoms with E-state index in [1.807, 2.05) is 0 Å². The van der Waals surface area contributed by atoms with E-state index in [0.29, 0.717) is 13.0 Å². The second-order valence-electron chi connectivity index (χ2n) is 6.03. The molecule has 1 aromatic carbocycles. The van der Waals surface area contributed by atoms with Crippen molar-refractivity contribution in [3.8, 4) is 0 Å². The van der Waals surface area contributed by atoms with Gasteiger partial charge in [0.2, 0.25) is 11.8 Å². The fraction of sp³-hybridized carbons (Fsp3) is 0.333. The van der Waals surface area contributed by atoms with Crippen molar-refractivity contribution in [1.29, 1.82) is 0 Å². The van der Waals surface area contributed by atoms with Gasteiger partial charge in [0.25, 0.3) is 0 Å². The first-order valence-corrected chi connectivity index (χ1v) is 8.24. The number of anilines is 1. The molecule has 1 aliphatic rings. The van der Waals surface area contributed by atoms with Crippen LogP contribution in [0.2, 0.25) is 0 Å². The number of nitrogens with two attached hydrogens (primary N) is 1. The van der Waals surface area contributed by atoms with Crippen molar-refractivity contribution >= 4 is 29.7 Å². The molecule has 1 saturated heterocycles. The van der Waals surface area contributed by atoms with E-state index in [2.05, 4.69) is 17.0 Å². The Hall–Kier alpha value is -3.16. The zero-order valence-corrected chi connectivity index (χ0v) is 14.3. The second kappa shape index (κ2) is 8.80. The van der Waals surface area contributed by atoms with E-state index in [9.17, 15) is 14.4 Å². The number of rotatable bonds is 8. The van der Waals surface area contributed by atoms with Gasteiger partial charge in [0, 0.05) is 24.6 Å². The topological polar surface area (TPSA) is 125 Å². The third-order valence-corrected chi connectivity index (χ3v) is 4.21. The summed E-state index contributed by atoms with van der Waals surface area (Å²) in [7, 11) is 0. The summed E-state index contributed by atoms with van der Waals surface area (Å²) in [6.07, 6.45) is 3.57. The average Bonchev–Trinajstić information content (AvgIpc) is 2.96. The lowest BCUT2D eigenvalue weighted by Gasteiger charge is -2.17. The number of amides is 2. The summed E-state index contributed by atoms with van der Waals surface area (Å²) < 4.78 is 0. The van der Waals surface area contributed by atoms with Gasteiger partial charge in [-0.2, -0.15) is 5.10 Å². The van der Waals surface area contributed by atoms with Gasteiger partial charge in [-0.05, 0) is 30.5 Å². The molecule has 2 amide bonds. The number of benzene rings is 1. The molecule has 1 aliphatic heterocycles. The summed E-state index contributed by atoms with van der Waals surface area (Å²) in [6, 6.07) is 6.16. The van der Waals surface area contributed by atoms with Crippen LogP contribution in [0.5, 0.6) is 0 Å². The summed E-state index contributed by atoms with van der Waals surface area (Å²) in [4.78, 5) is 37.4. The first-order chi connectivity index (χ1) is 12.5. The van der Waals surface area contributed by atoms with E-state index in [-0.39, 0.29) is 18.7 Å². The number of carboxylic acid groups (broad SMARTS) is 1. The van der Waals surface area contributed by atoms with Crippen LogP contribution in [-0.4, -0.2) is 41.7 Å². The number of aliphatic carboxylic acids is 1. The van der Waals surface area contributed by atoms with Crippen molar-refractivity contribution in [1.82, 2.24) is 5.32 Å². The second-order valence-corrected chi connectivity index (χ2v) is 6.03. The third-order valence-electron chi connectivity index (χ3n) is 4.21. The maximum atomic E-state index is 12.6. The molecular formula is C18H22N4O4. The lowest BCUT2D eigenvalue weighted by molar-refractivity contribution is -0.141.